The van der Waals surface area contributed by atoms with E-state index in [2.05, 4.69) is 44.0 Å². The minimum atomic E-state index is -0.639. The predicted molar refractivity (Wildman–Crippen MR) is 56.5 cm³/mol. The van der Waals surface area contributed by atoms with Crippen molar-refractivity contribution in [3.8, 4) is 0 Å². The van der Waals surface area contributed by atoms with Crippen LogP contribution in [0.15, 0.2) is 0 Å². The van der Waals surface area contributed by atoms with Gasteiger partial charge in [-0.15, -0.1) is 0 Å². The van der Waals surface area contributed by atoms with Crippen molar-refractivity contribution in [1.82, 2.24) is 0 Å². The van der Waals surface area contributed by atoms with Crippen LogP contribution in [-0.2, 0) is 0 Å². The Kier molecular flexibility index (Phi) is 16.0. The third-order valence-electron chi connectivity index (χ3n) is 0.697. The Labute approximate surface area is 78.7 Å². The number of primary amides is 1. The van der Waals surface area contributed by atoms with E-state index in [1.54, 1.807) is 0 Å². The fraction of sp³-hybridized carbons (Fsp3) is 0.857. The largest absolute Gasteiger partial charge is 0.361 e. The highest BCUT2D eigenvalue weighted by atomic mass is 32.2. The van der Waals surface area contributed by atoms with Gasteiger partial charge < -0.3 is 5.73 Å². The van der Waals surface area contributed by atoms with Crippen LogP contribution in [0.4, 0.5) is 4.79 Å². The minimum Gasteiger partial charge on any atom is -0.361 e. The first-order valence-electron chi connectivity index (χ1n) is 3.71. The zero-order valence-corrected chi connectivity index (χ0v) is 8.88. The molecule has 0 saturated heterocycles. The molecule has 11 heavy (non-hydrogen) atoms. The van der Waals surface area contributed by atoms with Crippen LogP contribution in [0.3, 0.4) is 0 Å². The Morgan fingerprint density at radius 3 is 1.82 bits per heavy atom. The summed E-state index contributed by atoms with van der Waals surface area (Å²) in [5.41, 5.74) is 4.34. The van der Waals surface area contributed by atoms with E-state index in [0.717, 1.165) is 0 Å². The number of nitrogens with two attached hydrogens (primary N) is 1. The van der Waals surface area contributed by atoms with E-state index in [4.69, 9.17) is 4.79 Å². The molecule has 0 rings (SSSR count). The highest BCUT2D eigenvalue weighted by Gasteiger charge is 1.79. The molecule has 2 N–H and O–H groups in total. The van der Waals surface area contributed by atoms with Crippen molar-refractivity contribution in [1.29, 1.82) is 0 Å². The van der Waals surface area contributed by atoms with Crippen molar-refractivity contribution in [3.63, 3.8) is 0 Å². The second kappa shape index (κ2) is 12.8. The summed E-state index contributed by atoms with van der Waals surface area (Å²) in [7, 11) is 0. The van der Waals surface area contributed by atoms with Gasteiger partial charge in [0.05, 0.1) is 0 Å². The Morgan fingerprint density at radius 1 is 1.36 bits per heavy atom. The van der Waals surface area contributed by atoms with Crippen LogP contribution in [0, 0.1) is 0 Å². The molecule has 0 unspecified atom stereocenters. The van der Waals surface area contributed by atoms with Gasteiger partial charge in [-0.3, -0.25) is 4.79 Å². The topological polar surface area (TPSA) is 43.1 Å². The normalized spacial score (nSPS) is 8.27. The van der Waals surface area contributed by atoms with E-state index in [1.807, 2.05) is 0 Å². The molecule has 0 saturated carbocycles. The molecule has 2 nitrogen and oxygen atoms in total. The number of thiol groups is 1. The third kappa shape index (κ3) is 39.0. The molecule has 0 spiro atoms. The van der Waals surface area contributed by atoms with Crippen LogP contribution in [0.5, 0.6) is 0 Å². The Bertz CT molecular complexity index is 80.5. The molecule has 0 fully saturated rings. The van der Waals surface area contributed by atoms with Gasteiger partial charge in [0.25, 0.3) is 5.24 Å². The maximum absolute atomic E-state index is 9.09. The van der Waals surface area contributed by atoms with Gasteiger partial charge in [0.2, 0.25) is 0 Å². The van der Waals surface area contributed by atoms with Crippen molar-refractivity contribution < 1.29 is 4.79 Å². The van der Waals surface area contributed by atoms with Gasteiger partial charge in [-0.2, -0.15) is 11.8 Å². The lowest BCUT2D eigenvalue weighted by atomic mass is 10.6. The second-order valence-corrected chi connectivity index (χ2v) is 3.62. The van der Waals surface area contributed by atoms with Crippen molar-refractivity contribution >= 4 is 29.6 Å². The van der Waals surface area contributed by atoms with Crippen LogP contribution in [0.1, 0.15) is 26.7 Å². The minimum absolute atomic E-state index is 0.639. The number of rotatable bonds is 4. The zero-order chi connectivity index (χ0) is 9.11. The molecule has 0 aliphatic rings. The van der Waals surface area contributed by atoms with Crippen LogP contribution in [0.25, 0.3) is 0 Å². The van der Waals surface area contributed by atoms with Gasteiger partial charge in [-0.25, -0.2) is 0 Å². The van der Waals surface area contributed by atoms with Crippen molar-refractivity contribution in [2.24, 2.45) is 5.73 Å². The van der Waals surface area contributed by atoms with Gasteiger partial charge in [0, 0.05) is 0 Å². The summed E-state index contributed by atoms with van der Waals surface area (Å²) < 4.78 is 0. The quantitative estimate of drug-likeness (QED) is 0.535. The molecule has 0 aliphatic heterocycles. The summed E-state index contributed by atoms with van der Waals surface area (Å²) >= 11 is 5.16. The average Bonchev–Trinajstić information content (AvgIpc) is 1.88. The van der Waals surface area contributed by atoms with Crippen molar-refractivity contribution in [2.75, 3.05) is 11.5 Å². The number of hydrogen-bond acceptors (Lipinski definition) is 2. The fourth-order valence-corrected chi connectivity index (χ4v) is 1.17. The van der Waals surface area contributed by atoms with Gasteiger partial charge in [-0.1, -0.05) is 26.5 Å². The van der Waals surface area contributed by atoms with E-state index in [-0.39, 0.29) is 0 Å². The summed E-state index contributed by atoms with van der Waals surface area (Å²) in [5.74, 6) is 2.68. The standard InChI is InChI=1S/C6H14S.CH3NOS/c1-3-5-7-6-4-2;2-1(3)4/h3-6H2,1-2H3;(H3,2,3,4). The van der Waals surface area contributed by atoms with E-state index in [0.29, 0.717) is 0 Å². The molecule has 0 atom stereocenters. The average molecular weight is 195 g/mol. The number of hydrogen-bond donors (Lipinski definition) is 2. The maximum atomic E-state index is 9.09. The fourth-order valence-electron chi connectivity index (χ4n) is 0.391. The van der Waals surface area contributed by atoms with Crippen molar-refractivity contribution in [2.45, 2.75) is 26.7 Å². The van der Waals surface area contributed by atoms with E-state index < -0.39 is 5.24 Å². The predicted octanol–water partition coefficient (Wildman–Crippen LogP) is 2.53. The van der Waals surface area contributed by atoms with Gasteiger partial charge in [-0.05, 0) is 24.3 Å². The Hall–Kier alpha value is 0.170. The molecule has 4 heteroatoms. The molecule has 0 heterocycles. The Balaban J connectivity index is 0. The van der Waals surface area contributed by atoms with E-state index >= 15 is 0 Å². The zero-order valence-electron chi connectivity index (χ0n) is 7.17. The number of carbonyl (C=O) groups is 1. The van der Waals surface area contributed by atoms with Crippen LogP contribution >= 0.6 is 24.4 Å². The SMILES string of the molecule is CCCSCCC.NC(=O)S. The van der Waals surface area contributed by atoms with Gasteiger partial charge in [0.15, 0.2) is 0 Å². The van der Waals surface area contributed by atoms with Crippen LogP contribution in [0.2, 0.25) is 0 Å². The lowest BCUT2D eigenvalue weighted by molar-refractivity contribution is 0.267. The second-order valence-electron chi connectivity index (χ2n) is 1.95. The molecule has 0 aromatic rings. The first-order chi connectivity index (χ1) is 5.15. The van der Waals surface area contributed by atoms with E-state index in [9.17, 15) is 0 Å². The Morgan fingerprint density at radius 2 is 1.64 bits per heavy atom. The molecule has 0 aliphatic carbocycles. The van der Waals surface area contributed by atoms with Crippen LogP contribution < -0.4 is 5.73 Å². The first kappa shape index (κ1) is 13.7. The van der Waals surface area contributed by atoms with Crippen LogP contribution in [-0.4, -0.2) is 16.7 Å². The third-order valence-corrected chi connectivity index (χ3v) is 2.09. The highest BCUT2D eigenvalue weighted by Crippen LogP contribution is 2.02. The molecular formula is C7H17NOS2. The summed E-state index contributed by atoms with van der Waals surface area (Å²) in [6.45, 7) is 4.45. The van der Waals surface area contributed by atoms with Gasteiger partial charge >= 0.3 is 0 Å². The smallest absolute Gasteiger partial charge is 0.273 e. The molecular weight excluding hydrogens is 178 g/mol. The van der Waals surface area contributed by atoms with Gasteiger partial charge in [0.1, 0.15) is 0 Å². The number of carbonyl (C=O) groups excluding carboxylic acids is 1. The monoisotopic (exact) mass is 195 g/mol. The number of thioether (sulfide) groups is 1. The lowest BCUT2D eigenvalue weighted by Gasteiger charge is -1.91. The summed E-state index contributed by atoms with van der Waals surface area (Å²) in [4.78, 5) is 9.09. The summed E-state index contributed by atoms with van der Waals surface area (Å²) in [6, 6.07) is 0. The lowest BCUT2D eigenvalue weighted by Crippen LogP contribution is -1.95. The van der Waals surface area contributed by atoms with E-state index in [1.165, 1.54) is 24.3 Å². The molecule has 1 amide bonds. The maximum Gasteiger partial charge on any atom is 0.273 e. The molecule has 68 valence electrons. The first-order valence-corrected chi connectivity index (χ1v) is 5.31. The summed E-state index contributed by atoms with van der Waals surface area (Å²) in [5, 5.41) is -0.639. The molecule has 0 radical (unpaired) electrons. The number of amides is 1. The molecule has 0 aromatic carbocycles. The van der Waals surface area contributed by atoms with Crippen molar-refractivity contribution in [3.05, 3.63) is 0 Å². The summed E-state index contributed by atoms with van der Waals surface area (Å²) in [6.07, 6.45) is 2.65. The molecule has 0 bridgehead atoms. The highest BCUT2D eigenvalue weighted by molar-refractivity contribution is 7.99. The molecule has 0 aromatic heterocycles.